The molecule has 138 valence electrons. The molecule has 0 aromatic heterocycles. The number of carbonyl (C=O) groups is 1. The third kappa shape index (κ3) is 6.03. The van der Waals surface area contributed by atoms with E-state index in [1.165, 1.54) is 16.7 Å². The topological polar surface area (TPSA) is 41.5 Å². The Hall–Kier alpha value is -2.07. The van der Waals surface area contributed by atoms with Crippen LogP contribution in [0.4, 0.5) is 0 Å². The standard InChI is InChI=1S/C22H28N2OS/c1-16-8-6-7-9-19(16)14-26-15-21(25)24-23-17(2)18-10-12-20(13-11-18)22(3,4)5/h6-13H,14-15H2,1-5H3,(H,24,25)/b23-17+. The van der Waals surface area contributed by atoms with Crippen molar-refractivity contribution in [2.24, 2.45) is 5.10 Å². The van der Waals surface area contributed by atoms with Gasteiger partial charge in [0.15, 0.2) is 0 Å². The molecule has 0 aliphatic carbocycles. The Bertz CT molecular complexity index is 773. The molecule has 0 saturated carbocycles. The first-order valence-electron chi connectivity index (χ1n) is 8.83. The molecule has 0 atom stereocenters. The summed E-state index contributed by atoms with van der Waals surface area (Å²) in [5.74, 6) is 1.15. The van der Waals surface area contributed by atoms with Crippen molar-refractivity contribution in [1.29, 1.82) is 0 Å². The predicted molar refractivity (Wildman–Crippen MR) is 113 cm³/mol. The van der Waals surface area contributed by atoms with Crippen LogP contribution in [-0.4, -0.2) is 17.4 Å². The summed E-state index contributed by atoms with van der Waals surface area (Å²) >= 11 is 1.60. The van der Waals surface area contributed by atoms with E-state index in [1.807, 2.05) is 19.1 Å². The summed E-state index contributed by atoms with van der Waals surface area (Å²) in [6.07, 6.45) is 0. The van der Waals surface area contributed by atoms with E-state index in [9.17, 15) is 4.79 Å². The largest absolute Gasteiger partial charge is 0.272 e. The number of rotatable bonds is 6. The quantitative estimate of drug-likeness (QED) is 0.571. The Morgan fingerprint density at radius 2 is 1.73 bits per heavy atom. The highest BCUT2D eigenvalue weighted by Crippen LogP contribution is 2.22. The fourth-order valence-corrected chi connectivity index (χ4v) is 3.38. The molecule has 1 N–H and O–H groups in total. The van der Waals surface area contributed by atoms with Gasteiger partial charge in [-0.2, -0.15) is 5.10 Å². The summed E-state index contributed by atoms with van der Waals surface area (Å²) < 4.78 is 0. The minimum Gasteiger partial charge on any atom is -0.272 e. The zero-order valence-corrected chi connectivity index (χ0v) is 17.1. The Kier molecular flexibility index (Phi) is 7.04. The number of nitrogens with one attached hydrogen (secondary N) is 1. The number of hydrogen-bond acceptors (Lipinski definition) is 3. The van der Waals surface area contributed by atoms with Crippen LogP contribution in [0.15, 0.2) is 53.6 Å². The summed E-state index contributed by atoms with van der Waals surface area (Å²) in [5, 5.41) is 4.23. The van der Waals surface area contributed by atoms with Gasteiger partial charge in [0.1, 0.15) is 0 Å². The molecule has 0 aliphatic heterocycles. The summed E-state index contributed by atoms with van der Waals surface area (Å²) in [6.45, 7) is 10.6. The summed E-state index contributed by atoms with van der Waals surface area (Å²) in [7, 11) is 0. The van der Waals surface area contributed by atoms with Gasteiger partial charge in [-0.05, 0) is 41.5 Å². The van der Waals surface area contributed by atoms with Crippen molar-refractivity contribution in [1.82, 2.24) is 5.43 Å². The van der Waals surface area contributed by atoms with E-state index in [1.54, 1.807) is 11.8 Å². The Morgan fingerprint density at radius 3 is 2.35 bits per heavy atom. The Morgan fingerprint density at radius 1 is 1.08 bits per heavy atom. The molecule has 3 nitrogen and oxygen atoms in total. The average Bonchev–Trinajstić information content (AvgIpc) is 2.60. The minimum absolute atomic E-state index is 0.0748. The molecular formula is C22H28N2OS. The maximum Gasteiger partial charge on any atom is 0.250 e. The minimum atomic E-state index is -0.0748. The van der Waals surface area contributed by atoms with Gasteiger partial charge in [0, 0.05) is 5.75 Å². The maximum absolute atomic E-state index is 12.0. The molecule has 1 amide bonds. The summed E-state index contributed by atoms with van der Waals surface area (Å²) in [5.41, 5.74) is 8.42. The molecule has 2 aromatic carbocycles. The van der Waals surface area contributed by atoms with Crippen LogP contribution in [0.5, 0.6) is 0 Å². The van der Waals surface area contributed by atoms with E-state index >= 15 is 0 Å². The van der Waals surface area contributed by atoms with Gasteiger partial charge in [-0.3, -0.25) is 4.79 Å². The molecule has 0 aliphatic rings. The highest BCUT2D eigenvalue weighted by molar-refractivity contribution is 7.99. The Balaban J connectivity index is 1.84. The van der Waals surface area contributed by atoms with Gasteiger partial charge in [-0.1, -0.05) is 69.3 Å². The van der Waals surface area contributed by atoms with E-state index in [0.717, 1.165) is 17.0 Å². The van der Waals surface area contributed by atoms with Crippen LogP contribution >= 0.6 is 11.8 Å². The molecular weight excluding hydrogens is 340 g/mol. The zero-order chi connectivity index (χ0) is 19.2. The number of thioether (sulfide) groups is 1. The van der Waals surface area contributed by atoms with Gasteiger partial charge in [0.2, 0.25) is 5.91 Å². The molecule has 26 heavy (non-hydrogen) atoms. The zero-order valence-electron chi connectivity index (χ0n) is 16.3. The average molecular weight is 369 g/mol. The molecule has 0 fully saturated rings. The third-order valence-electron chi connectivity index (χ3n) is 4.27. The van der Waals surface area contributed by atoms with Crippen molar-refractivity contribution in [2.75, 3.05) is 5.75 Å². The van der Waals surface area contributed by atoms with Gasteiger partial charge >= 0.3 is 0 Å². The number of aryl methyl sites for hydroxylation is 1. The van der Waals surface area contributed by atoms with E-state index in [4.69, 9.17) is 0 Å². The van der Waals surface area contributed by atoms with Crippen LogP contribution in [0.25, 0.3) is 0 Å². The van der Waals surface area contributed by atoms with E-state index < -0.39 is 0 Å². The number of carbonyl (C=O) groups excluding carboxylic acids is 1. The summed E-state index contributed by atoms with van der Waals surface area (Å²) in [6, 6.07) is 16.6. The summed E-state index contributed by atoms with van der Waals surface area (Å²) in [4.78, 5) is 12.0. The monoisotopic (exact) mass is 368 g/mol. The first-order chi connectivity index (χ1) is 12.3. The van der Waals surface area contributed by atoms with E-state index in [-0.39, 0.29) is 11.3 Å². The van der Waals surface area contributed by atoms with E-state index in [0.29, 0.717) is 5.75 Å². The predicted octanol–water partition coefficient (Wildman–Crippen LogP) is 5.07. The van der Waals surface area contributed by atoms with Crippen LogP contribution in [0.2, 0.25) is 0 Å². The highest BCUT2D eigenvalue weighted by atomic mass is 32.2. The van der Waals surface area contributed by atoms with Crippen molar-refractivity contribution in [3.8, 4) is 0 Å². The highest BCUT2D eigenvalue weighted by Gasteiger charge is 2.13. The van der Waals surface area contributed by atoms with Gasteiger partial charge in [0.25, 0.3) is 0 Å². The third-order valence-corrected chi connectivity index (χ3v) is 5.25. The molecule has 0 saturated heterocycles. The molecule has 0 bridgehead atoms. The van der Waals surface area contributed by atoms with Crippen molar-refractivity contribution in [3.63, 3.8) is 0 Å². The van der Waals surface area contributed by atoms with Crippen LogP contribution in [-0.2, 0) is 16.0 Å². The number of hydrazone groups is 1. The van der Waals surface area contributed by atoms with Crippen LogP contribution in [0, 0.1) is 6.92 Å². The molecule has 4 heteroatoms. The molecule has 0 spiro atoms. The molecule has 2 aromatic rings. The van der Waals surface area contributed by atoms with Gasteiger partial charge in [-0.25, -0.2) is 5.43 Å². The first-order valence-corrected chi connectivity index (χ1v) is 9.99. The van der Waals surface area contributed by atoms with Crippen molar-refractivity contribution >= 4 is 23.4 Å². The smallest absolute Gasteiger partial charge is 0.250 e. The lowest BCUT2D eigenvalue weighted by atomic mass is 9.86. The maximum atomic E-state index is 12.0. The van der Waals surface area contributed by atoms with Crippen LogP contribution in [0.3, 0.4) is 0 Å². The fraction of sp³-hybridized carbons (Fsp3) is 0.364. The normalized spacial score (nSPS) is 12.1. The lowest BCUT2D eigenvalue weighted by molar-refractivity contribution is -0.118. The molecule has 0 unspecified atom stereocenters. The second kappa shape index (κ2) is 9.04. The van der Waals surface area contributed by atoms with Crippen LogP contribution < -0.4 is 5.43 Å². The van der Waals surface area contributed by atoms with Crippen molar-refractivity contribution in [3.05, 3.63) is 70.8 Å². The number of benzene rings is 2. The fourth-order valence-electron chi connectivity index (χ4n) is 2.48. The van der Waals surface area contributed by atoms with Crippen LogP contribution in [0.1, 0.15) is 49.9 Å². The second-order valence-corrected chi connectivity index (χ2v) is 8.46. The number of hydrogen-bond donors (Lipinski definition) is 1. The van der Waals surface area contributed by atoms with Gasteiger partial charge in [0.05, 0.1) is 11.5 Å². The molecule has 0 radical (unpaired) electrons. The molecule has 2 rings (SSSR count). The van der Waals surface area contributed by atoms with Crippen molar-refractivity contribution < 1.29 is 4.79 Å². The van der Waals surface area contributed by atoms with Crippen molar-refractivity contribution in [2.45, 2.75) is 45.8 Å². The second-order valence-electron chi connectivity index (χ2n) is 7.48. The molecule has 0 heterocycles. The lowest BCUT2D eigenvalue weighted by Gasteiger charge is -2.19. The lowest BCUT2D eigenvalue weighted by Crippen LogP contribution is -2.21. The SMILES string of the molecule is C/C(=N\NC(=O)CSCc1ccccc1C)c1ccc(C(C)(C)C)cc1. The number of nitrogens with zero attached hydrogens (tertiary/aromatic N) is 1. The van der Waals surface area contributed by atoms with E-state index in [2.05, 4.69) is 74.6 Å². The Labute approximate surface area is 161 Å². The van der Waals surface area contributed by atoms with Gasteiger partial charge in [-0.15, -0.1) is 11.8 Å². The first kappa shape index (κ1) is 20.2. The van der Waals surface area contributed by atoms with Gasteiger partial charge < -0.3 is 0 Å². The number of amides is 1.